The number of hydrogen-bond acceptors (Lipinski definition) is 4. The molecule has 27 heavy (non-hydrogen) atoms. The number of piperidine rings is 1. The number of nitrogens with zero attached hydrogens (tertiary/aromatic N) is 3. The SMILES string of the molecule is Cc1ccc(Nc2c(C(=O)N3CCCCC3)cnc3nc(C)ccc23)cc1. The molecule has 3 heterocycles. The molecule has 1 aromatic carbocycles. The average Bonchev–Trinajstić information content (AvgIpc) is 2.70. The van der Waals surface area contributed by atoms with E-state index in [4.69, 9.17) is 0 Å². The molecule has 0 radical (unpaired) electrons. The number of pyridine rings is 2. The van der Waals surface area contributed by atoms with Gasteiger partial charge in [-0.2, -0.15) is 0 Å². The second-order valence-corrected chi connectivity index (χ2v) is 7.21. The molecule has 0 unspecified atom stereocenters. The zero-order valence-electron chi connectivity index (χ0n) is 15.8. The summed E-state index contributed by atoms with van der Waals surface area (Å²) in [6, 6.07) is 12.1. The monoisotopic (exact) mass is 360 g/mol. The molecule has 0 spiro atoms. The molecule has 0 bridgehead atoms. The largest absolute Gasteiger partial charge is 0.354 e. The van der Waals surface area contributed by atoms with E-state index in [-0.39, 0.29) is 5.91 Å². The van der Waals surface area contributed by atoms with Crippen molar-refractivity contribution < 1.29 is 4.79 Å². The molecule has 1 aliphatic heterocycles. The molecule has 4 rings (SSSR count). The van der Waals surface area contributed by atoms with Gasteiger partial charge in [0, 0.05) is 36.1 Å². The lowest BCUT2D eigenvalue weighted by molar-refractivity contribution is 0.0725. The van der Waals surface area contributed by atoms with Crippen molar-refractivity contribution in [2.24, 2.45) is 0 Å². The van der Waals surface area contributed by atoms with Gasteiger partial charge in [0.1, 0.15) is 0 Å². The number of aromatic nitrogens is 2. The number of aryl methyl sites for hydroxylation is 2. The van der Waals surface area contributed by atoms with Gasteiger partial charge in [-0.3, -0.25) is 4.79 Å². The van der Waals surface area contributed by atoms with E-state index in [2.05, 4.69) is 34.3 Å². The predicted octanol–water partition coefficient (Wildman–Crippen LogP) is 4.62. The summed E-state index contributed by atoms with van der Waals surface area (Å²) in [7, 11) is 0. The summed E-state index contributed by atoms with van der Waals surface area (Å²) in [4.78, 5) is 24.1. The minimum atomic E-state index is 0.0410. The van der Waals surface area contributed by atoms with Gasteiger partial charge < -0.3 is 10.2 Å². The highest BCUT2D eigenvalue weighted by atomic mass is 16.2. The number of rotatable bonds is 3. The molecule has 1 aliphatic rings. The number of anilines is 2. The van der Waals surface area contributed by atoms with Gasteiger partial charge in [-0.15, -0.1) is 0 Å². The Hall–Kier alpha value is -2.95. The highest BCUT2D eigenvalue weighted by molar-refractivity contribution is 6.07. The highest BCUT2D eigenvalue weighted by Gasteiger charge is 2.23. The summed E-state index contributed by atoms with van der Waals surface area (Å²) in [5.41, 5.74) is 5.09. The summed E-state index contributed by atoms with van der Waals surface area (Å²) in [6.45, 7) is 5.63. The number of carbonyl (C=O) groups is 1. The van der Waals surface area contributed by atoms with E-state index in [9.17, 15) is 4.79 Å². The Morgan fingerprint density at radius 2 is 1.74 bits per heavy atom. The van der Waals surface area contributed by atoms with Gasteiger partial charge in [0.2, 0.25) is 0 Å². The van der Waals surface area contributed by atoms with Crippen molar-refractivity contribution in [1.29, 1.82) is 0 Å². The third-order valence-corrected chi connectivity index (χ3v) is 5.06. The van der Waals surface area contributed by atoms with Gasteiger partial charge in [0.15, 0.2) is 5.65 Å². The van der Waals surface area contributed by atoms with E-state index in [1.165, 1.54) is 12.0 Å². The molecule has 0 aliphatic carbocycles. The number of fused-ring (bicyclic) bond motifs is 1. The van der Waals surface area contributed by atoms with E-state index >= 15 is 0 Å². The maximum Gasteiger partial charge on any atom is 0.257 e. The lowest BCUT2D eigenvalue weighted by Gasteiger charge is -2.27. The van der Waals surface area contributed by atoms with Gasteiger partial charge >= 0.3 is 0 Å². The number of amides is 1. The lowest BCUT2D eigenvalue weighted by atomic mass is 10.1. The van der Waals surface area contributed by atoms with Crippen molar-refractivity contribution in [2.45, 2.75) is 33.1 Å². The Morgan fingerprint density at radius 3 is 2.48 bits per heavy atom. The third kappa shape index (κ3) is 3.63. The zero-order chi connectivity index (χ0) is 18.8. The summed E-state index contributed by atoms with van der Waals surface area (Å²) in [5.74, 6) is 0.0410. The van der Waals surface area contributed by atoms with E-state index in [1.54, 1.807) is 6.20 Å². The fourth-order valence-corrected chi connectivity index (χ4v) is 3.52. The van der Waals surface area contributed by atoms with Crippen molar-refractivity contribution in [1.82, 2.24) is 14.9 Å². The van der Waals surface area contributed by atoms with Crippen molar-refractivity contribution in [3.05, 3.63) is 59.4 Å². The van der Waals surface area contributed by atoms with Crippen LogP contribution in [0, 0.1) is 13.8 Å². The summed E-state index contributed by atoms with van der Waals surface area (Å²) < 4.78 is 0. The molecular weight excluding hydrogens is 336 g/mol. The smallest absolute Gasteiger partial charge is 0.257 e. The zero-order valence-corrected chi connectivity index (χ0v) is 15.8. The molecule has 2 aromatic heterocycles. The van der Waals surface area contributed by atoms with Crippen LogP contribution < -0.4 is 5.32 Å². The fourth-order valence-electron chi connectivity index (χ4n) is 3.52. The molecule has 138 valence electrons. The molecule has 5 heteroatoms. The number of benzene rings is 1. The summed E-state index contributed by atoms with van der Waals surface area (Å²) in [6.07, 6.45) is 4.99. The molecule has 1 N–H and O–H groups in total. The fraction of sp³-hybridized carbons (Fsp3) is 0.318. The van der Waals surface area contributed by atoms with Crippen LogP contribution in [-0.4, -0.2) is 33.9 Å². The molecule has 1 fully saturated rings. The van der Waals surface area contributed by atoms with Crippen LogP contribution in [0.1, 0.15) is 40.9 Å². The van der Waals surface area contributed by atoms with Crippen molar-refractivity contribution >= 4 is 28.3 Å². The van der Waals surface area contributed by atoms with Gasteiger partial charge in [-0.1, -0.05) is 17.7 Å². The van der Waals surface area contributed by atoms with Crippen LogP contribution in [0.25, 0.3) is 11.0 Å². The maximum atomic E-state index is 13.2. The Labute approximate surface area is 159 Å². The van der Waals surface area contributed by atoms with E-state index < -0.39 is 0 Å². The minimum Gasteiger partial charge on any atom is -0.354 e. The van der Waals surface area contributed by atoms with Gasteiger partial charge in [0.05, 0.1) is 11.3 Å². The Bertz CT molecular complexity index is 976. The van der Waals surface area contributed by atoms with E-state index in [1.807, 2.05) is 36.1 Å². The van der Waals surface area contributed by atoms with Crippen LogP contribution in [0.2, 0.25) is 0 Å². The second-order valence-electron chi connectivity index (χ2n) is 7.21. The molecule has 5 nitrogen and oxygen atoms in total. The molecule has 0 atom stereocenters. The van der Waals surface area contributed by atoms with Crippen molar-refractivity contribution in [3.8, 4) is 0 Å². The van der Waals surface area contributed by atoms with Crippen LogP contribution in [0.3, 0.4) is 0 Å². The maximum absolute atomic E-state index is 13.2. The first-order chi connectivity index (χ1) is 13.1. The van der Waals surface area contributed by atoms with Crippen LogP contribution in [-0.2, 0) is 0 Å². The minimum absolute atomic E-state index is 0.0410. The predicted molar refractivity (Wildman–Crippen MR) is 108 cm³/mol. The normalized spacial score (nSPS) is 14.4. The quantitative estimate of drug-likeness (QED) is 0.741. The highest BCUT2D eigenvalue weighted by Crippen LogP contribution is 2.30. The van der Waals surface area contributed by atoms with Crippen LogP contribution in [0.15, 0.2) is 42.6 Å². The summed E-state index contributed by atoms with van der Waals surface area (Å²) >= 11 is 0. The van der Waals surface area contributed by atoms with E-state index in [0.717, 1.165) is 48.4 Å². The molecule has 3 aromatic rings. The van der Waals surface area contributed by atoms with Crippen LogP contribution in [0.4, 0.5) is 11.4 Å². The second kappa shape index (κ2) is 7.35. The van der Waals surface area contributed by atoms with Crippen molar-refractivity contribution in [3.63, 3.8) is 0 Å². The molecular formula is C22H24N4O. The first-order valence-electron chi connectivity index (χ1n) is 9.51. The first kappa shape index (κ1) is 17.5. The lowest BCUT2D eigenvalue weighted by Crippen LogP contribution is -2.36. The van der Waals surface area contributed by atoms with Crippen LogP contribution in [0.5, 0.6) is 0 Å². The Morgan fingerprint density at radius 1 is 1.00 bits per heavy atom. The number of hydrogen-bond donors (Lipinski definition) is 1. The van der Waals surface area contributed by atoms with Crippen LogP contribution >= 0.6 is 0 Å². The van der Waals surface area contributed by atoms with Gasteiger partial charge in [0.25, 0.3) is 5.91 Å². The number of carbonyl (C=O) groups excluding carboxylic acids is 1. The average molecular weight is 360 g/mol. The number of nitrogens with one attached hydrogen (secondary N) is 1. The number of likely N-dealkylation sites (tertiary alicyclic amines) is 1. The molecule has 1 saturated heterocycles. The molecule has 0 saturated carbocycles. The topological polar surface area (TPSA) is 58.1 Å². The molecule has 1 amide bonds. The first-order valence-corrected chi connectivity index (χ1v) is 9.51. The standard InChI is InChI=1S/C22H24N4O/c1-15-6-9-17(10-7-15)25-20-18-11-8-16(2)24-21(18)23-14-19(20)22(27)26-12-4-3-5-13-26/h6-11,14H,3-5,12-13H2,1-2H3,(H,23,24,25). The van der Waals surface area contributed by atoms with Gasteiger partial charge in [-0.25, -0.2) is 9.97 Å². The Kier molecular flexibility index (Phi) is 4.75. The Balaban J connectivity index is 1.80. The third-order valence-electron chi connectivity index (χ3n) is 5.06. The summed E-state index contributed by atoms with van der Waals surface area (Å²) in [5, 5.41) is 4.32. The van der Waals surface area contributed by atoms with Crippen molar-refractivity contribution in [2.75, 3.05) is 18.4 Å². The van der Waals surface area contributed by atoms with E-state index in [0.29, 0.717) is 11.2 Å². The van der Waals surface area contributed by atoms with Gasteiger partial charge in [-0.05, 0) is 57.4 Å².